The highest BCUT2D eigenvalue weighted by atomic mass is 35.5. The van der Waals surface area contributed by atoms with E-state index < -0.39 is 17.9 Å². The first-order chi connectivity index (χ1) is 21.2. The molecule has 44 heavy (non-hydrogen) atoms. The van der Waals surface area contributed by atoms with E-state index in [0.717, 1.165) is 35.3 Å². The second-order valence-electron chi connectivity index (χ2n) is 11.6. The van der Waals surface area contributed by atoms with E-state index in [0.29, 0.717) is 36.5 Å². The molecular formula is C34H39ClN2O7. The number of carboxylic acid groups (broad SMARTS) is 1. The van der Waals surface area contributed by atoms with Crippen molar-refractivity contribution in [1.29, 1.82) is 0 Å². The molecule has 2 aliphatic heterocycles. The standard InChI is InChI=1S/C34H39ClN2O7/c35-27-12-10-26(11-13-27)34(42)16-18-37(19-17-34)21-29-20-30(24-6-4-23(22-38)5-7-24)44-33(43-29)25-8-14-28(15-9-25)36-31(39)2-1-3-32(40)41/h4-15,29-30,33,38,42H,1-3,16-22H2,(H,36,39)(H,40,41). The zero-order chi connectivity index (χ0) is 31.1. The van der Waals surface area contributed by atoms with Crippen LogP contribution in [-0.4, -0.2) is 57.8 Å². The molecular weight excluding hydrogens is 584 g/mol. The topological polar surface area (TPSA) is 129 Å². The summed E-state index contributed by atoms with van der Waals surface area (Å²) < 4.78 is 12.9. The summed E-state index contributed by atoms with van der Waals surface area (Å²) in [5.74, 6) is -1.16. The number of carboxylic acids is 1. The van der Waals surface area contributed by atoms with Crippen LogP contribution in [0.15, 0.2) is 72.8 Å². The zero-order valence-electron chi connectivity index (χ0n) is 24.5. The molecule has 2 heterocycles. The number of amides is 1. The molecule has 0 aromatic heterocycles. The fourth-order valence-electron chi connectivity index (χ4n) is 5.82. The van der Waals surface area contributed by atoms with Gasteiger partial charge in [0, 0.05) is 55.2 Å². The highest BCUT2D eigenvalue weighted by molar-refractivity contribution is 6.30. The number of aliphatic carboxylic acids is 1. The Labute approximate surface area is 262 Å². The summed E-state index contributed by atoms with van der Waals surface area (Å²) in [5, 5.41) is 33.1. The molecule has 3 aromatic rings. The number of aliphatic hydroxyl groups is 2. The molecule has 10 heteroatoms. The molecule has 0 saturated carbocycles. The average molecular weight is 623 g/mol. The molecule has 0 spiro atoms. The lowest BCUT2D eigenvalue weighted by atomic mass is 9.84. The van der Waals surface area contributed by atoms with Crippen LogP contribution in [0.5, 0.6) is 0 Å². The first kappa shape index (κ1) is 32.1. The van der Waals surface area contributed by atoms with Gasteiger partial charge in [-0.3, -0.25) is 9.59 Å². The van der Waals surface area contributed by atoms with Crippen molar-refractivity contribution in [3.05, 3.63) is 100 Å². The van der Waals surface area contributed by atoms with Gasteiger partial charge in [-0.2, -0.15) is 0 Å². The van der Waals surface area contributed by atoms with E-state index in [1.807, 2.05) is 60.7 Å². The number of carbonyl (C=O) groups excluding carboxylic acids is 1. The SMILES string of the molecule is O=C(O)CCCC(=O)Nc1ccc(C2OC(CN3CCC(O)(c4ccc(Cl)cc4)CC3)CC(c3ccc(CO)cc3)O2)cc1. The highest BCUT2D eigenvalue weighted by Gasteiger charge is 2.37. The van der Waals surface area contributed by atoms with Crippen LogP contribution in [0.1, 0.15) is 73.2 Å². The van der Waals surface area contributed by atoms with Gasteiger partial charge in [-0.15, -0.1) is 0 Å². The van der Waals surface area contributed by atoms with E-state index in [1.54, 1.807) is 12.1 Å². The lowest BCUT2D eigenvalue weighted by Crippen LogP contribution is -2.46. The van der Waals surface area contributed by atoms with E-state index in [2.05, 4.69) is 10.2 Å². The molecule has 234 valence electrons. The summed E-state index contributed by atoms with van der Waals surface area (Å²) in [7, 11) is 0. The summed E-state index contributed by atoms with van der Waals surface area (Å²) in [4.78, 5) is 25.2. The Hall–Kier alpha value is -3.31. The van der Waals surface area contributed by atoms with Crippen LogP contribution in [0, 0.1) is 0 Å². The molecule has 3 unspecified atom stereocenters. The molecule has 5 rings (SSSR count). The van der Waals surface area contributed by atoms with Crippen molar-refractivity contribution >= 4 is 29.2 Å². The van der Waals surface area contributed by atoms with Crippen molar-refractivity contribution < 1.29 is 34.4 Å². The Morgan fingerprint density at radius 3 is 2.20 bits per heavy atom. The van der Waals surface area contributed by atoms with E-state index in [1.165, 1.54) is 0 Å². The van der Waals surface area contributed by atoms with Crippen molar-refractivity contribution in [2.45, 2.75) is 69.2 Å². The number of hydrogen-bond acceptors (Lipinski definition) is 7. The van der Waals surface area contributed by atoms with E-state index >= 15 is 0 Å². The third-order valence-corrected chi connectivity index (χ3v) is 8.65. The molecule has 0 aliphatic carbocycles. The summed E-state index contributed by atoms with van der Waals surface area (Å²) in [6.07, 6.45) is 1.24. The summed E-state index contributed by atoms with van der Waals surface area (Å²) in [6, 6.07) is 22.5. The number of nitrogens with zero attached hydrogens (tertiary/aromatic N) is 1. The third-order valence-electron chi connectivity index (χ3n) is 8.40. The monoisotopic (exact) mass is 622 g/mol. The smallest absolute Gasteiger partial charge is 0.303 e. The Bertz CT molecular complexity index is 1390. The van der Waals surface area contributed by atoms with Crippen molar-refractivity contribution in [1.82, 2.24) is 4.90 Å². The van der Waals surface area contributed by atoms with Crippen LogP contribution in [0.4, 0.5) is 5.69 Å². The number of anilines is 1. The van der Waals surface area contributed by atoms with E-state index in [-0.39, 0.29) is 44.0 Å². The molecule has 1 amide bonds. The number of carbonyl (C=O) groups is 2. The van der Waals surface area contributed by atoms with Gasteiger partial charge in [-0.1, -0.05) is 60.1 Å². The number of piperidine rings is 1. The molecule has 2 aliphatic rings. The number of hydrogen-bond donors (Lipinski definition) is 4. The van der Waals surface area contributed by atoms with Crippen LogP contribution in [-0.2, 0) is 31.3 Å². The average Bonchev–Trinajstić information content (AvgIpc) is 3.02. The van der Waals surface area contributed by atoms with Gasteiger partial charge < -0.3 is 35.0 Å². The number of halogens is 1. The minimum absolute atomic E-state index is 0.0278. The van der Waals surface area contributed by atoms with Gasteiger partial charge in [0.25, 0.3) is 0 Å². The van der Waals surface area contributed by atoms with Gasteiger partial charge in [0.2, 0.25) is 5.91 Å². The predicted molar refractivity (Wildman–Crippen MR) is 166 cm³/mol. The molecule has 0 bridgehead atoms. The number of nitrogens with one attached hydrogen (secondary N) is 1. The summed E-state index contributed by atoms with van der Waals surface area (Å²) in [6.45, 7) is 2.11. The van der Waals surface area contributed by atoms with Gasteiger partial charge >= 0.3 is 5.97 Å². The minimum Gasteiger partial charge on any atom is -0.481 e. The normalized spacial score (nSPS) is 21.9. The molecule has 2 saturated heterocycles. The lowest BCUT2D eigenvalue weighted by molar-refractivity contribution is -0.253. The number of aliphatic hydroxyl groups excluding tert-OH is 1. The largest absolute Gasteiger partial charge is 0.481 e. The minimum atomic E-state index is -0.921. The zero-order valence-corrected chi connectivity index (χ0v) is 25.3. The van der Waals surface area contributed by atoms with Gasteiger partial charge in [-0.25, -0.2) is 0 Å². The first-order valence-corrected chi connectivity index (χ1v) is 15.4. The maximum atomic E-state index is 12.2. The van der Waals surface area contributed by atoms with Crippen molar-refractivity contribution in [2.75, 3.05) is 25.0 Å². The van der Waals surface area contributed by atoms with Gasteiger partial charge in [-0.05, 0) is 60.2 Å². The first-order valence-electron chi connectivity index (χ1n) is 15.0. The number of likely N-dealkylation sites (tertiary alicyclic amines) is 1. The van der Waals surface area contributed by atoms with Crippen LogP contribution in [0.3, 0.4) is 0 Å². The maximum absolute atomic E-state index is 12.2. The number of ether oxygens (including phenoxy) is 2. The van der Waals surface area contributed by atoms with Gasteiger partial charge in [0.15, 0.2) is 6.29 Å². The molecule has 0 radical (unpaired) electrons. The maximum Gasteiger partial charge on any atom is 0.303 e. The van der Waals surface area contributed by atoms with Gasteiger partial charge in [0.05, 0.1) is 24.4 Å². The molecule has 4 N–H and O–H groups in total. The van der Waals surface area contributed by atoms with E-state index in [4.69, 9.17) is 26.2 Å². The summed E-state index contributed by atoms with van der Waals surface area (Å²) in [5.41, 5.74) is 3.25. The number of rotatable bonds is 11. The number of benzene rings is 3. The fraction of sp³-hybridized carbons (Fsp3) is 0.412. The second kappa shape index (κ2) is 14.6. The Kier molecular flexibility index (Phi) is 10.7. The fourth-order valence-corrected chi connectivity index (χ4v) is 5.95. The molecule has 9 nitrogen and oxygen atoms in total. The predicted octanol–water partition coefficient (Wildman–Crippen LogP) is 5.55. The van der Waals surface area contributed by atoms with Crippen molar-refractivity contribution in [3.63, 3.8) is 0 Å². The van der Waals surface area contributed by atoms with Crippen LogP contribution >= 0.6 is 11.6 Å². The third kappa shape index (κ3) is 8.44. The molecule has 3 atom stereocenters. The van der Waals surface area contributed by atoms with Crippen molar-refractivity contribution in [3.8, 4) is 0 Å². The summed E-state index contributed by atoms with van der Waals surface area (Å²) >= 11 is 6.05. The second-order valence-corrected chi connectivity index (χ2v) is 12.0. The quantitative estimate of drug-likeness (QED) is 0.219. The highest BCUT2D eigenvalue weighted by Crippen LogP contribution is 2.39. The Morgan fingerprint density at radius 1 is 0.909 bits per heavy atom. The molecule has 3 aromatic carbocycles. The Balaban J connectivity index is 1.25. The lowest BCUT2D eigenvalue weighted by Gasteiger charge is -2.42. The van der Waals surface area contributed by atoms with Crippen LogP contribution in [0.25, 0.3) is 0 Å². The Morgan fingerprint density at radius 2 is 1.57 bits per heavy atom. The van der Waals surface area contributed by atoms with Crippen molar-refractivity contribution in [2.24, 2.45) is 0 Å². The molecule has 2 fully saturated rings. The van der Waals surface area contributed by atoms with Crippen LogP contribution < -0.4 is 5.32 Å². The van der Waals surface area contributed by atoms with E-state index in [9.17, 15) is 19.8 Å². The van der Waals surface area contributed by atoms with Crippen LogP contribution in [0.2, 0.25) is 5.02 Å². The van der Waals surface area contributed by atoms with Gasteiger partial charge in [0.1, 0.15) is 0 Å².